The number of methoxy groups -OCH3 is 1. The zero-order chi connectivity index (χ0) is 25.3. The predicted molar refractivity (Wildman–Crippen MR) is 130 cm³/mol. The van der Waals surface area contributed by atoms with Gasteiger partial charge < -0.3 is 15.0 Å². The van der Waals surface area contributed by atoms with E-state index in [2.05, 4.69) is 5.32 Å². The molecule has 2 amide bonds. The largest absolute Gasteiger partial charge is 0.497 e. The molecule has 0 saturated heterocycles. The van der Waals surface area contributed by atoms with Crippen molar-refractivity contribution in [1.29, 1.82) is 0 Å². The van der Waals surface area contributed by atoms with Crippen LogP contribution < -0.4 is 14.4 Å². The molecule has 0 spiro atoms. The van der Waals surface area contributed by atoms with E-state index in [1.165, 1.54) is 24.1 Å². The first kappa shape index (κ1) is 27.1. The standard InChI is InChI=1S/C24H32FN3O5S/c1-5-14-26-24(30)22(6-2)27(16-18-8-7-9-21(15-18)33-3)23(29)17-28(34(4,31)32)20-12-10-19(25)11-13-20/h7-13,15,22H,5-6,14,16-17H2,1-4H3,(H,26,30)/t22-/m0/s1. The van der Waals surface area contributed by atoms with Gasteiger partial charge in [0.1, 0.15) is 24.2 Å². The highest BCUT2D eigenvalue weighted by Crippen LogP contribution is 2.21. The second kappa shape index (κ2) is 12.4. The van der Waals surface area contributed by atoms with E-state index in [9.17, 15) is 22.4 Å². The quantitative estimate of drug-likeness (QED) is 0.491. The maximum absolute atomic E-state index is 13.5. The van der Waals surface area contributed by atoms with E-state index >= 15 is 0 Å². The Morgan fingerprint density at radius 1 is 1.12 bits per heavy atom. The summed E-state index contributed by atoms with van der Waals surface area (Å²) in [4.78, 5) is 27.8. The van der Waals surface area contributed by atoms with Gasteiger partial charge in [0.25, 0.3) is 0 Å². The van der Waals surface area contributed by atoms with Gasteiger partial charge in [-0.1, -0.05) is 26.0 Å². The van der Waals surface area contributed by atoms with Crippen LogP contribution in [0.3, 0.4) is 0 Å². The van der Waals surface area contributed by atoms with Gasteiger partial charge in [0.2, 0.25) is 21.8 Å². The lowest BCUT2D eigenvalue weighted by molar-refractivity contribution is -0.140. The van der Waals surface area contributed by atoms with E-state index in [1.807, 2.05) is 6.92 Å². The van der Waals surface area contributed by atoms with Crippen LogP contribution in [-0.4, -0.2) is 57.6 Å². The minimum absolute atomic E-state index is 0.0785. The maximum Gasteiger partial charge on any atom is 0.244 e. The summed E-state index contributed by atoms with van der Waals surface area (Å²) in [6.07, 6.45) is 2.04. The van der Waals surface area contributed by atoms with Crippen LogP contribution in [0, 0.1) is 5.82 Å². The van der Waals surface area contributed by atoms with Gasteiger partial charge >= 0.3 is 0 Å². The molecule has 0 unspecified atom stereocenters. The summed E-state index contributed by atoms with van der Waals surface area (Å²) in [5.74, 6) is -0.802. The molecule has 8 nitrogen and oxygen atoms in total. The number of nitrogens with zero attached hydrogens (tertiary/aromatic N) is 2. The number of anilines is 1. The smallest absolute Gasteiger partial charge is 0.244 e. The zero-order valence-electron chi connectivity index (χ0n) is 20.0. The third-order valence-electron chi connectivity index (χ3n) is 5.22. The number of ether oxygens (including phenoxy) is 1. The molecule has 0 aliphatic heterocycles. The minimum atomic E-state index is -3.87. The molecule has 0 saturated carbocycles. The Kier molecular flexibility index (Phi) is 9.85. The third kappa shape index (κ3) is 7.44. The third-order valence-corrected chi connectivity index (χ3v) is 6.36. The van der Waals surface area contributed by atoms with E-state index < -0.39 is 34.3 Å². The number of amides is 2. The molecule has 2 aromatic carbocycles. The van der Waals surface area contributed by atoms with E-state index in [1.54, 1.807) is 31.2 Å². The van der Waals surface area contributed by atoms with Crippen LogP contribution in [0.1, 0.15) is 32.3 Å². The van der Waals surface area contributed by atoms with Crippen molar-refractivity contribution in [2.24, 2.45) is 0 Å². The van der Waals surface area contributed by atoms with Gasteiger partial charge in [-0.05, 0) is 54.8 Å². The average molecular weight is 494 g/mol. The van der Waals surface area contributed by atoms with E-state index in [4.69, 9.17) is 4.74 Å². The van der Waals surface area contributed by atoms with Gasteiger partial charge in [-0.25, -0.2) is 12.8 Å². The zero-order valence-corrected chi connectivity index (χ0v) is 20.8. The lowest BCUT2D eigenvalue weighted by atomic mass is 10.1. The van der Waals surface area contributed by atoms with Crippen LogP contribution in [0.4, 0.5) is 10.1 Å². The highest BCUT2D eigenvalue weighted by Gasteiger charge is 2.31. The van der Waals surface area contributed by atoms with Gasteiger partial charge in [-0.3, -0.25) is 13.9 Å². The van der Waals surface area contributed by atoms with Crippen molar-refractivity contribution in [1.82, 2.24) is 10.2 Å². The summed E-state index contributed by atoms with van der Waals surface area (Å²) in [7, 11) is -2.34. The van der Waals surface area contributed by atoms with Crippen molar-refractivity contribution >= 4 is 27.5 Å². The van der Waals surface area contributed by atoms with Crippen molar-refractivity contribution in [2.45, 2.75) is 39.3 Å². The van der Waals surface area contributed by atoms with Gasteiger partial charge in [-0.15, -0.1) is 0 Å². The fraction of sp³-hybridized carbons (Fsp3) is 0.417. The van der Waals surface area contributed by atoms with Crippen LogP contribution in [0.25, 0.3) is 0 Å². The summed E-state index contributed by atoms with van der Waals surface area (Å²) in [5, 5.41) is 2.82. The van der Waals surface area contributed by atoms with Crippen molar-refractivity contribution in [3.8, 4) is 5.75 Å². The number of carbonyl (C=O) groups excluding carboxylic acids is 2. The Bertz CT molecular complexity index is 1080. The molecule has 0 bridgehead atoms. The summed E-state index contributed by atoms with van der Waals surface area (Å²) >= 11 is 0. The Morgan fingerprint density at radius 2 is 1.79 bits per heavy atom. The van der Waals surface area contributed by atoms with Crippen LogP contribution in [0.15, 0.2) is 48.5 Å². The second-order valence-corrected chi connectivity index (χ2v) is 9.74. The molecular weight excluding hydrogens is 461 g/mol. The predicted octanol–water partition coefficient (Wildman–Crippen LogP) is 2.93. The molecule has 1 N–H and O–H groups in total. The SMILES string of the molecule is CCCNC(=O)[C@H](CC)N(Cc1cccc(OC)c1)C(=O)CN(c1ccc(F)cc1)S(C)(=O)=O. The monoisotopic (exact) mass is 493 g/mol. The number of rotatable bonds is 12. The fourth-order valence-electron chi connectivity index (χ4n) is 3.47. The Balaban J connectivity index is 2.42. The molecule has 186 valence electrons. The molecule has 0 fully saturated rings. The summed E-state index contributed by atoms with van der Waals surface area (Å²) in [5.41, 5.74) is 0.879. The lowest BCUT2D eigenvalue weighted by Gasteiger charge is -2.33. The number of halogens is 1. The summed E-state index contributed by atoms with van der Waals surface area (Å²) < 4.78 is 44.5. The molecule has 0 heterocycles. The summed E-state index contributed by atoms with van der Waals surface area (Å²) in [6, 6.07) is 11.1. The molecule has 0 aliphatic rings. The summed E-state index contributed by atoms with van der Waals surface area (Å²) in [6.45, 7) is 3.71. The van der Waals surface area contributed by atoms with Crippen molar-refractivity contribution in [3.05, 3.63) is 59.9 Å². The average Bonchev–Trinajstić information content (AvgIpc) is 2.81. The van der Waals surface area contributed by atoms with Crippen molar-refractivity contribution in [3.63, 3.8) is 0 Å². The number of benzene rings is 2. The highest BCUT2D eigenvalue weighted by atomic mass is 32.2. The molecular formula is C24H32FN3O5S. The molecule has 2 aromatic rings. The minimum Gasteiger partial charge on any atom is -0.497 e. The Labute approximate surface area is 200 Å². The van der Waals surface area contributed by atoms with Crippen LogP contribution in [-0.2, 0) is 26.2 Å². The van der Waals surface area contributed by atoms with E-state index in [0.717, 1.165) is 34.7 Å². The van der Waals surface area contributed by atoms with Gasteiger partial charge in [-0.2, -0.15) is 0 Å². The van der Waals surface area contributed by atoms with Gasteiger partial charge in [0.15, 0.2) is 0 Å². The van der Waals surface area contributed by atoms with Crippen molar-refractivity contribution < 1.29 is 27.1 Å². The van der Waals surface area contributed by atoms with Crippen molar-refractivity contribution in [2.75, 3.05) is 30.8 Å². The number of carbonyl (C=O) groups is 2. The fourth-order valence-corrected chi connectivity index (χ4v) is 4.32. The number of hydrogen-bond acceptors (Lipinski definition) is 5. The first-order valence-corrected chi connectivity index (χ1v) is 12.9. The number of sulfonamides is 1. The molecule has 0 radical (unpaired) electrons. The van der Waals surface area contributed by atoms with E-state index in [-0.39, 0.29) is 18.1 Å². The Morgan fingerprint density at radius 3 is 2.35 bits per heavy atom. The Hall–Kier alpha value is -3.14. The molecule has 10 heteroatoms. The molecule has 0 aliphatic carbocycles. The van der Waals surface area contributed by atoms with Gasteiger partial charge in [0.05, 0.1) is 19.1 Å². The number of nitrogens with one attached hydrogen (secondary N) is 1. The van der Waals surface area contributed by atoms with Crippen LogP contribution in [0.5, 0.6) is 5.75 Å². The molecule has 0 aromatic heterocycles. The first-order valence-electron chi connectivity index (χ1n) is 11.0. The van der Waals surface area contributed by atoms with Crippen LogP contribution >= 0.6 is 0 Å². The topological polar surface area (TPSA) is 96.0 Å². The lowest BCUT2D eigenvalue weighted by Crippen LogP contribution is -2.52. The molecule has 2 rings (SSSR count). The maximum atomic E-state index is 13.5. The first-order chi connectivity index (χ1) is 16.1. The normalized spacial score (nSPS) is 12.0. The molecule has 34 heavy (non-hydrogen) atoms. The molecule has 1 atom stereocenters. The van der Waals surface area contributed by atoms with E-state index in [0.29, 0.717) is 18.7 Å². The second-order valence-electron chi connectivity index (χ2n) is 7.83. The number of hydrogen-bond donors (Lipinski definition) is 1. The van der Waals surface area contributed by atoms with Gasteiger partial charge in [0, 0.05) is 13.1 Å². The van der Waals surface area contributed by atoms with Crippen LogP contribution in [0.2, 0.25) is 0 Å². The highest BCUT2D eigenvalue weighted by molar-refractivity contribution is 7.92.